The molecule has 2 aromatic rings. The molecular weight excluding hydrogens is 275 g/mol. The normalized spacial score (nSPS) is 16.6. The SMILES string of the molecule is Nc1ncc(CN2CCN(c3ccccc3F)CC2)s1. The van der Waals surface area contributed by atoms with Crippen molar-refractivity contribution in [3.63, 3.8) is 0 Å². The van der Waals surface area contributed by atoms with Gasteiger partial charge in [-0.25, -0.2) is 9.37 Å². The molecule has 1 saturated heterocycles. The molecule has 0 amide bonds. The minimum absolute atomic E-state index is 0.142. The number of nitrogen functional groups attached to an aromatic ring is 1. The van der Waals surface area contributed by atoms with Crippen molar-refractivity contribution in [3.05, 3.63) is 41.2 Å². The van der Waals surface area contributed by atoms with Crippen molar-refractivity contribution in [2.24, 2.45) is 0 Å². The van der Waals surface area contributed by atoms with Crippen LogP contribution >= 0.6 is 11.3 Å². The summed E-state index contributed by atoms with van der Waals surface area (Å²) in [6.07, 6.45) is 1.84. The van der Waals surface area contributed by atoms with Crippen LogP contribution < -0.4 is 10.6 Å². The molecular formula is C14H17FN4S. The Morgan fingerprint density at radius 2 is 1.95 bits per heavy atom. The number of anilines is 2. The first kappa shape index (κ1) is 13.3. The highest BCUT2D eigenvalue weighted by Gasteiger charge is 2.19. The van der Waals surface area contributed by atoms with Gasteiger partial charge in [0.05, 0.1) is 5.69 Å². The third-order valence-electron chi connectivity index (χ3n) is 3.52. The summed E-state index contributed by atoms with van der Waals surface area (Å²) in [5, 5.41) is 0.616. The van der Waals surface area contributed by atoms with Gasteiger partial charge in [-0.2, -0.15) is 0 Å². The predicted octanol–water partition coefficient (Wildman–Crippen LogP) is 2.19. The zero-order valence-corrected chi connectivity index (χ0v) is 11.9. The van der Waals surface area contributed by atoms with E-state index < -0.39 is 0 Å². The Bertz CT molecular complexity index is 578. The maximum absolute atomic E-state index is 13.7. The maximum atomic E-state index is 13.7. The van der Waals surface area contributed by atoms with Crippen LogP contribution in [0, 0.1) is 5.82 Å². The summed E-state index contributed by atoms with van der Waals surface area (Å²) in [6.45, 7) is 4.41. The van der Waals surface area contributed by atoms with Crippen LogP contribution in [-0.2, 0) is 6.54 Å². The predicted molar refractivity (Wildman–Crippen MR) is 80.4 cm³/mol. The molecule has 106 valence electrons. The monoisotopic (exact) mass is 292 g/mol. The van der Waals surface area contributed by atoms with Crippen molar-refractivity contribution in [1.82, 2.24) is 9.88 Å². The van der Waals surface area contributed by atoms with E-state index >= 15 is 0 Å². The molecule has 0 radical (unpaired) electrons. The highest BCUT2D eigenvalue weighted by molar-refractivity contribution is 7.15. The number of hydrogen-bond acceptors (Lipinski definition) is 5. The maximum Gasteiger partial charge on any atom is 0.180 e. The van der Waals surface area contributed by atoms with Crippen molar-refractivity contribution in [2.75, 3.05) is 36.8 Å². The van der Waals surface area contributed by atoms with E-state index in [1.54, 1.807) is 6.07 Å². The quantitative estimate of drug-likeness (QED) is 0.942. The van der Waals surface area contributed by atoms with Gasteiger partial charge in [-0.15, -0.1) is 11.3 Å². The third-order valence-corrected chi connectivity index (χ3v) is 4.33. The zero-order valence-electron chi connectivity index (χ0n) is 11.1. The first-order chi connectivity index (χ1) is 9.72. The van der Waals surface area contributed by atoms with Crippen LogP contribution in [-0.4, -0.2) is 36.1 Å². The second-order valence-electron chi connectivity index (χ2n) is 4.88. The van der Waals surface area contributed by atoms with Gasteiger partial charge in [0, 0.05) is 43.8 Å². The second-order valence-corrected chi connectivity index (χ2v) is 6.03. The molecule has 3 rings (SSSR count). The van der Waals surface area contributed by atoms with Gasteiger partial charge in [0.25, 0.3) is 0 Å². The fraction of sp³-hybridized carbons (Fsp3) is 0.357. The summed E-state index contributed by atoms with van der Waals surface area (Å²) in [5.41, 5.74) is 6.34. The van der Waals surface area contributed by atoms with Crippen molar-refractivity contribution < 1.29 is 4.39 Å². The Balaban J connectivity index is 1.58. The first-order valence-corrected chi connectivity index (χ1v) is 7.46. The van der Waals surface area contributed by atoms with E-state index in [9.17, 15) is 4.39 Å². The average molecular weight is 292 g/mol. The van der Waals surface area contributed by atoms with E-state index in [2.05, 4.69) is 14.8 Å². The number of piperazine rings is 1. The number of para-hydroxylation sites is 1. The lowest BCUT2D eigenvalue weighted by Crippen LogP contribution is -2.46. The van der Waals surface area contributed by atoms with Gasteiger partial charge in [-0.05, 0) is 12.1 Å². The van der Waals surface area contributed by atoms with E-state index in [-0.39, 0.29) is 5.82 Å². The molecule has 2 N–H and O–H groups in total. The van der Waals surface area contributed by atoms with Crippen LogP contribution in [0.1, 0.15) is 4.88 Å². The molecule has 1 aliphatic rings. The lowest BCUT2D eigenvalue weighted by molar-refractivity contribution is 0.251. The molecule has 1 aliphatic heterocycles. The van der Waals surface area contributed by atoms with Crippen LogP contribution in [0.3, 0.4) is 0 Å². The Morgan fingerprint density at radius 3 is 2.60 bits per heavy atom. The van der Waals surface area contributed by atoms with Gasteiger partial charge in [0.15, 0.2) is 5.13 Å². The summed E-state index contributed by atoms with van der Waals surface area (Å²) in [4.78, 5) is 9.70. The fourth-order valence-corrected chi connectivity index (χ4v) is 3.20. The van der Waals surface area contributed by atoms with Gasteiger partial charge in [-0.1, -0.05) is 12.1 Å². The Morgan fingerprint density at radius 1 is 1.20 bits per heavy atom. The second kappa shape index (κ2) is 5.76. The molecule has 0 bridgehead atoms. The first-order valence-electron chi connectivity index (χ1n) is 6.64. The molecule has 0 spiro atoms. The summed E-state index contributed by atoms with van der Waals surface area (Å²) in [7, 11) is 0. The topological polar surface area (TPSA) is 45.4 Å². The summed E-state index contributed by atoms with van der Waals surface area (Å²) in [6, 6.07) is 6.96. The Labute approximate surface area is 121 Å². The van der Waals surface area contributed by atoms with Crippen LogP contribution in [0.5, 0.6) is 0 Å². The summed E-state index contributed by atoms with van der Waals surface area (Å²) >= 11 is 1.53. The number of nitrogens with zero attached hydrogens (tertiary/aromatic N) is 3. The number of aromatic nitrogens is 1. The van der Waals surface area contributed by atoms with Crippen LogP contribution in [0.4, 0.5) is 15.2 Å². The molecule has 0 saturated carbocycles. The van der Waals surface area contributed by atoms with Gasteiger partial charge in [0.1, 0.15) is 5.82 Å². The van der Waals surface area contributed by atoms with Crippen molar-refractivity contribution in [1.29, 1.82) is 0 Å². The van der Waals surface area contributed by atoms with Gasteiger partial charge in [-0.3, -0.25) is 4.90 Å². The van der Waals surface area contributed by atoms with E-state index in [0.717, 1.165) is 32.7 Å². The number of thiazole rings is 1. The average Bonchev–Trinajstić information content (AvgIpc) is 2.86. The zero-order chi connectivity index (χ0) is 13.9. The number of rotatable bonds is 3. The molecule has 0 unspecified atom stereocenters. The van der Waals surface area contributed by atoms with Gasteiger partial charge < -0.3 is 10.6 Å². The molecule has 1 aromatic carbocycles. The molecule has 0 aliphatic carbocycles. The van der Waals surface area contributed by atoms with Gasteiger partial charge in [0.2, 0.25) is 0 Å². The molecule has 1 fully saturated rings. The summed E-state index contributed by atoms with van der Waals surface area (Å²) in [5.74, 6) is -0.142. The minimum Gasteiger partial charge on any atom is -0.375 e. The molecule has 1 aromatic heterocycles. The number of halogens is 1. The molecule has 6 heteroatoms. The summed E-state index contributed by atoms with van der Waals surface area (Å²) < 4.78 is 13.7. The molecule has 4 nitrogen and oxygen atoms in total. The lowest BCUT2D eigenvalue weighted by Gasteiger charge is -2.35. The van der Waals surface area contributed by atoms with Crippen molar-refractivity contribution in [3.8, 4) is 0 Å². The molecule has 2 heterocycles. The van der Waals surface area contributed by atoms with Gasteiger partial charge >= 0.3 is 0 Å². The van der Waals surface area contributed by atoms with Crippen LogP contribution in [0.2, 0.25) is 0 Å². The van der Waals surface area contributed by atoms with E-state index in [1.807, 2.05) is 18.3 Å². The van der Waals surface area contributed by atoms with E-state index in [4.69, 9.17) is 5.73 Å². The lowest BCUT2D eigenvalue weighted by atomic mass is 10.2. The smallest absolute Gasteiger partial charge is 0.180 e. The van der Waals surface area contributed by atoms with Crippen LogP contribution in [0.25, 0.3) is 0 Å². The highest BCUT2D eigenvalue weighted by atomic mass is 32.1. The highest BCUT2D eigenvalue weighted by Crippen LogP contribution is 2.22. The Kier molecular flexibility index (Phi) is 3.84. The fourth-order valence-electron chi connectivity index (χ4n) is 2.47. The van der Waals surface area contributed by atoms with Crippen molar-refractivity contribution >= 4 is 22.2 Å². The van der Waals surface area contributed by atoms with E-state index in [0.29, 0.717) is 10.8 Å². The van der Waals surface area contributed by atoms with Crippen LogP contribution in [0.15, 0.2) is 30.5 Å². The number of benzene rings is 1. The Hall–Kier alpha value is -1.66. The number of nitrogens with two attached hydrogens (primary N) is 1. The van der Waals surface area contributed by atoms with Crippen molar-refractivity contribution in [2.45, 2.75) is 6.54 Å². The third kappa shape index (κ3) is 2.91. The molecule has 0 atom stereocenters. The molecule has 20 heavy (non-hydrogen) atoms. The standard InChI is InChI=1S/C14H17FN4S/c15-12-3-1-2-4-13(12)19-7-5-18(6-8-19)10-11-9-17-14(16)20-11/h1-4,9H,5-8,10H2,(H2,16,17). The van der Waals surface area contributed by atoms with E-state index in [1.165, 1.54) is 22.3 Å². The number of hydrogen-bond donors (Lipinski definition) is 1. The largest absolute Gasteiger partial charge is 0.375 e. The minimum atomic E-state index is -0.142.